The topological polar surface area (TPSA) is 72.2 Å². The number of carbonyl (C=O) groups excluding carboxylic acids is 1. The van der Waals surface area contributed by atoms with E-state index in [2.05, 4.69) is 5.32 Å². The number of hydrogen-bond donors (Lipinski definition) is 1. The van der Waals surface area contributed by atoms with Crippen molar-refractivity contribution in [2.75, 3.05) is 0 Å². The van der Waals surface area contributed by atoms with Gasteiger partial charge >= 0.3 is 0 Å². The van der Waals surface area contributed by atoms with E-state index in [0.717, 1.165) is 25.0 Å². The summed E-state index contributed by atoms with van der Waals surface area (Å²) in [6, 6.07) is 2.26. The molecule has 1 N–H and O–H groups in total. The van der Waals surface area contributed by atoms with Gasteiger partial charge in [0.1, 0.15) is 0 Å². The molecule has 0 saturated carbocycles. The Morgan fingerprint density at radius 2 is 1.90 bits per heavy atom. The first-order valence-electron chi connectivity index (χ1n) is 6.20. The maximum Gasteiger partial charge on any atom is 0.271 e. The minimum atomic E-state index is -0.613. The Morgan fingerprint density at radius 3 is 2.35 bits per heavy atom. The van der Waals surface area contributed by atoms with Gasteiger partial charge in [-0.05, 0) is 19.8 Å². The zero-order valence-electron chi connectivity index (χ0n) is 11.5. The summed E-state index contributed by atoms with van der Waals surface area (Å²) in [7, 11) is 0. The number of non-ortho nitro benzene ring substituents is 1. The molecule has 0 heterocycles. The number of hydrogen-bond acceptors (Lipinski definition) is 3. The maximum absolute atomic E-state index is 12.2. The summed E-state index contributed by atoms with van der Waals surface area (Å²) in [4.78, 5) is 22.4. The fourth-order valence-corrected chi connectivity index (χ4v) is 2.02. The van der Waals surface area contributed by atoms with Gasteiger partial charge in [-0.15, -0.1) is 0 Å². The summed E-state index contributed by atoms with van der Waals surface area (Å²) in [5, 5.41) is 13.7. The second-order valence-electron chi connectivity index (χ2n) is 4.77. The van der Waals surface area contributed by atoms with Crippen LogP contribution in [0.5, 0.6) is 0 Å². The van der Waals surface area contributed by atoms with Crippen molar-refractivity contribution in [1.29, 1.82) is 0 Å². The average Bonchev–Trinajstić information content (AvgIpc) is 2.41. The molecule has 0 unspecified atom stereocenters. The summed E-state index contributed by atoms with van der Waals surface area (Å²) in [6.07, 6.45) is 1.46. The predicted octanol–water partition coefficient (Wildman–Crippen LogP) is 4.21. The minimum absolute atomic E-state index is 0.0130. The maximum atomic E-state index is 12.2. The van der Waals surface area contributed by atoms with Gasteiger partial charge in [-0.25, -0.2) is 0 Å². The van der Waals surface area contributed by atoms with Gasteiger partial charge in [-0.2, -0.15) is 0 Å². The highest BCUT2D eigenvalue weighted by atomic mass is 35.5. The molecule has 0 atom stereocenters. The molecule has 0 aliphatic rings. The number of halogens is 2. The number of amides is 1. The lowest BCUT2D eigenvalue weighted by Crippen LogP contribution is -2.45. The van der Waals surface area contributed by atoms with Crippen LogP contribution in [0.4, 0.5) is 5.69 Å². The number of nitro benzene ring substituents is 1. The molecule has 0 spiro atoms. The summed E-state index contributed by atoms with van der Waals surface area (Å²) < 4.78 is 0. The van der Waals surface area contributed by atoms with Crippen LogP contribution in [0.15, 0.2) is 12.1 Å². The summed E-state index contributed by atoms with van der Waals surface area (Å²) in [6.45, 7) is 5.80. The fraction of sp³-hybridized carbons (Fsp3) is 0.462. The predicted molar refractivity (Wildman–Crippen MR) is 79.6 cm³/mol. The van der Waals surface area contributed by atoms with E-state index < -0.39 is 16.4 Å². The Bertz CT molecular complexity index is 543. The highest BCUT2D eigenvalue weighted by molar-refractivity contribution is 6.44. The number of rotatable bonds is 5. The van der Waals surface area contributed by atoms with E-state index in [9.17, 15) is 14.9 Å². The van der Waals surface area contributed by atoms with Gasteiger partial charge in [0.05, 0.1) is 20.5 Å². The number of nitrogens with zero attached hydrogens (tertiary/aromatic N) is 1. The van der Waals surface area contributed by atoms with E-state index >= 15 is 0 Å². The van der Waals surface area contributed by atoms with Crippen LogP contribution in [0, 0.1) is 10.1 Å². The van der Waals surface area contributed by atoms with Crippen molar-refractivity contribution in [1.82, 2.24) is 5.32 Å². The number of benzene rings is 1. The van der Waals surface area contributed by atoms with Gasteiger partial charge in [0.25, 0.3) is 11.6 Å². The van der Waals surface area contributed by atoms with Gasteiger partial charge in [-0.3, -0.25) is 14.9 Å². The third-order valence-corrected chi connectivity index (χ3v) is 4.25. The first-order valence-corrected chi connectivity index (χ1v) is 6.95. The zero-order valence-corrected chi connectivity index (χ0v) is 13.0. The van der Waals surface area contributed by atoms with Gasteiger partial charge in [0.15, 0.2) is 0 Å². The molecule has 1 rings (SSSR count). The summed E-state index contributed by atoms with van der Waals surface area (Å²) in [5.74, 6) is -0.466. The first-order chi connectivity index (χ1) is 9.24. The van der Waals surface area contributed by atoms with E-state index in [1.165, 1.54) is 0 Å². The molecule has 1 aromatic rings. The molecule has 110 valence electrons. The lowest BCUT2D eigenvalue weighted by atomic mass is 9.95. The molecule has 0 radical (unpaired) electrons. The fourth-order valence-electron chi connectivity index (χ4n) is 1.61. The first kappa shape index (κ1) is 16.7. The van der Waals surface area contributed by atoms with Gasteiger partial charge < -0.3 is 5.32 Å². The molecule has 5 nitrogen and oxygen atoms in total. The van der Waals surface area contributed by atoms with Crippen molar-refractivity contribution in [3.63, 3.8) is 0 Å². The molecule has 0 aliphatic heterocycles. The van der Waals surface area contributed by atoms with Crippen molar-refractivity contribution in [2.45, 2.75) is 39.2 Å². The lowest BCUT2D eigenvalue weighted by Gasteiger charge is -2.28. The van der Waals surface area contributed by atoms with Crippen LogP contribution in [-0.2, 0) is 0 Å². The quantitative estimate of drug-likeness (QED) is 0.652. The molecule has 0 fully saturated rings. The largest absolute Gasteiger partial charge is 0.347 e. The molecule has 1 aromatic carbocycles. The molecule has 7 heteroatoms. The Morgan fingerprint density at radius 1 is 1.35 bits per heavy atom. The van der Waals surface area contributed by atoms with E-state index in [1.807, 2.05) is 20.8 Å². The van der Waals surface area contributed by atoms with Crippen molar-refractivity contribution in [2.24, 2.45) is 0 Å². The molecular formula is C13H16Cl2N2O3. The Kier molecular flexibility index (Phi) is 5.36. The van der Waals surface area contributed by atoms with Crippen LogP contribution in [0.1, 0.15) is 44.0 Å². The Balaban J connectivity index is 3.19. The number of carbonyl (C=O) groups is 1. The SMILES string of the molecule is CCC(C)(CC)NC(=O)c1cc([N+](=O)[O-])cc(Cl)c1Cl. The van der Waals surface area contributed by atoms with Gasteiger partial charge in [0, 0.05) is 17.7 Å². The summed E-state index contributed by atoms with van der Waals surface area (Å²) >= 11 is 11.8. The third kappa shape index (κ3) is 3.61. The van der Waals surface area contributed by atoms with Crippen LogP contribution >= 0.6 is 23.2 Å². The molecular weight excluding hydrogens is 303 g/mol. The Hall–Kier alpha value is -1.33. The molecule has 0 saturated heterocycles. The molecule has 0 aliphatic carbocycles. The minimum Gasteiger partial charge on any atom is -0.347 e. The molecule has 1 amide bonds. The lowest BCUT2D eigenvalue weighted by molar-refractivity contribution is -0.384. The van der Waals surface area contributed by atoms with Crippen LogP contribution < -0.4 is 5.32 Å². The van der Waals surface area contributed by atoms with Crippen LogP contribution in [-0.4, -0.2) is 16.4 Å². The molecule has 20 heavy (non-hydrogen) atoms. The second kappa shape index (κ2) is 6.41. The van der Waals surface area contributed by atoms with Crippen LogP contribution in [0.2, 0.25) is 10.0 Å². The van der Waals surface area contributed by atoms with E-state index in [0.29, 0.717) is 0 Å². The van der Waals surface area contributed by atoms with Crippen molar-refractivity contribution >= 4 is 34.8 Å². The third-order valence-electron chi connectivity index (χ3n) is 3.44. The van der Waals surface area contributed by atoms with Gasteiger partial charge in [-0.1, -0.05) is 37.0 Å². The summed E-state index contributed by atoms with van der Waals surface area (Å²) in [5.41, 5.74) is -0.643. The smallest absolute Gasteiger partial charge is 0.271 e. The van der Waals surface area contributed by atoms with Crippen LogP contribution in [0.3, 0.4) is 0 Å². The molecule has 0 bridgehead atoms. The average molecular weight is 319 g/mol. The second-order valence-corrected chi connectivity index (χ2v) is 5.55. The molecule has 0 aromatic heterocycles. The normalized spacial score (nSPS) is 11.2. The number of nitro groups is 1. The van der Waals surface area contributed by atoms with E-state index in [4.69, 9.17) is 23.2 Å². The Labute approximate surface area is 127 Å². The van der Waals surface area contributed by atoms with Crippen LogP contribution in [0.25, 0.3) is 0 Å². The highest BCUT2D eigenvalue weighted by Crippen LogP contribution is 2.31. The van der Waals surface area contributed by atoms with E-state index in [1.54, 1.807) is 0 Å². The van der Waals surface area contributed by atoms with Crippen molar-refractivity contribution in [3.05, 3.63) is 37.9 Å². The highest BCUT2D eigenvalue weighted by Gasteiger charge is 2.26. The van der Waals surface area contributed by atoms with Crippen molar-refractivity contribution in [3.8, 4) is 0 Å². The zero-order chi connectivity index (χ0) is 15.5. The number of nitrogens with one attached hydrogen (secondary N) is 1. The standard InChI is InChI=1S/C13H16Cl2N2O3/c1-4-13(3,5-2)16-12(18)9-6-8(17(19)20)7-10(14)11(9)15/h6-7H,4-5H2,1-3H3,(H,16,18). The van der Waals surface area contributed by atoms with E-state index in [-0.39, 0.29) is 21.3 Å². The monoisotopic (exact) mass is 318 g/mol. The van der Waals surface area contributed by atoms with Gasteiger partial charge in [0.2, 0.25) is 0 Å². The van der Waals surface area contributed by atoms with Crippen molar-refractivity contribution < 1.29 is 9.72 Å².